The summed E-state index contributed by atoms with van der Waals surface area (Å²) in [5.74, 6) is 0.551. The smallest absolute Gasteiger partial charge is 0.0690 e. The zero-order valence-corrected chi connectivity index (χ0v) is 8.02. The lowest BCUT2D eigenvalue weighted by atomic mass is 9.99. The van der Waals surface area contributed by atoms with E-state index in [0.717, 1.165) is 11.4 Å². The van der Waals surface area contributed by atoms with Crippen LogP contribution in [-0.4, -0.2) is 4.98 Å². The quantitative estimate of drug-likeness (QED) is 0.673. The van der Waals surface area contributed by atoms with Gasteiger partial charge in [0.05, 0.1) is 11.4 Å². The summed E-state index contributed by atoms with van der Waals surface area (Å²) in [6, 6.07) is 0. The lowest BCUT2D eigenvalue weighted by molar-refractivity contribution is 0.866. The van der Waals surface area contributed by atoms with E-state index < -0.39 is 0 Å². The molecule has 0 spiro atoms. The first-order chi connectivity index (χ1) is 6.20. The Kier molecular flexibility index (Phi) is 1.76. The second kappa shape index (κ2) is 2.80. The van der Waals surface area contributed by atoms with Crippen molar-refractivity contribution in [2.24, 2.45) is 0 Å². The predicted molar refractivity (Wildman–Crippen MR) is 56.1 cm³/mol. The van der Waals surface area contributed by atoms with Gasteiger partial charge in [-0.1, -0.05) is 20.4 Å². The minimum absolute atomic E-state index is 0.551. The van der Waals surface area contributed by atoms with Crippen LogP contribution in [0.1, 0.15) is 36.6 Å². The zero-order chi connectivity index (χ0) is 9.42. The summed E-state index contributed by atoms with van der Waals surface area (Å²) in [5.41, 5.74) is 4.70. The molecule has 0 fully saturated rings. The Balaban J connectivity index is 2.55. The van der Waals surface area contributed by atoms with Crippen molar-refractivity contribution in [3.63, 3.8) is 0 Å². The van der Waals surface area contributed by atoms with Crippen molar-refractivity contribution in [3.8, 4) is 0 Å². The average Bonchev–Trinajstić information content (AvgIpc) is 2.48. The van der Waals surface area contributed by atoms with Crippen molar-refractivity contribution < 1.29 is 0 Å². The van der Waals surface area contributed by atoms with Crippen molar-refractivity contribution in [2.45, 2.75) is 19.8 Å². The van der Waals surface area contributed by atoms with Crippen molar-refractivity contribution in [1.82, 2.24) is 10.3 Å². The van der Waals surface area contributed by atoms with Crippen LogP contribution in [0.5, 0.6) is 0 Å². The van der Waals surface area contributed by atoms with Gasteiger partial charge in [-0.15, -0.1) is 0 Å². The molecule has 0 aliphatic carbocycles. The van der Waals surface area contributed by atoms with Gasteiger partial charge in [0, 0.05) is 18.0 Å². The Hall–Kier alpha value is -1.44. The van der Waals surface area contributed by atoms with Crippen molar-refractivity contribution >= 4 is 11.8 Å². The van der Waals surface area contributed by atoms with Gasteiger partial charge in [0.15, 0.2) is 0 Å². The molecule has 13 heavy (non-hydrogen) atoms. The molecule has 0 bridgehead atoms. The highest BCUT2D eigenvalue weighted by atomic mass is 14.9. The molecule has 2 heteroatoms. The second-order valence-electron chi connectivity index (χ2n) is 3.64. The lowest BCUT2D eigenvalue weighted by Crippen LogP contribution is -2.08. The number of rotatable bonds is 1. The van der Waals surface area contributed by atoms with Gasteiger partial charge in [-0.05, 0) is 17.6 Å². The van der Waals surface area contributed by atoms with E-state index in [4.69, 9.17) is 0 Å². The Bertz CT molecular complexity index is 369. The number of fused-ring (bicyclic) bond motifs is 1. The molecule has 1 aliphatic heterocycles. The minimum Gasteiger partial charge on any atom is -0.360 e. The van der Waals surface area contributed by atoms with Gasteiger partial charge in [0.2, 0.25) is 0 Å². The molecule has 1 aromatic rings. The first-order valence-corrected chi connectivity index (χ1v) is 4.53. The van der Waals surface area contributed by atoms with Crippen LogP contribution in [0.15, 0.2) is 19.0 Å². The SMILES string of the molecule is C=C1NC=Cc2c(C(C)C)c[nH]c21. The molecule has 68 valence electrons. The van der Waals surface area contributed by atoms with Crippen molar-refractivity contribution in [1.29, 1.82) is 0 Å². The van der Waals surface area contributed by atoms with Crippen LogP contribution in [0.4, 0.5) is 0 Å². The minimum atomic E-state index is 0.551. The predicted octanol–water partition coefficient (Wildman–Crippen LogP) is 2.68. The molecule has 2 rings (SSSR count). The molecule has 2 nitrogen and oxygen atoms in total. The van der Waals surface area contributed by atoms with Gasteiger partial charge in [-0.25, -0.2) is 0 Å². The maximum absolute atomic E-state index is 3.93. The molecular weight excluding hydrogens is 160 g/mol. The number of H-pyrrole nitrogens is 1. The average molecular weight is 174 g/mol. The highest BCUT2D eigenvalue weighted by Gasteiger charge is 2.15. The highest BCUT2D eigenvalue weighted by molar-refractivity contribution is 5.76. The maximum atomic E-state index is 3.93. The van der Waals surface area contributed by atoms with Crippen LogP contribution in [0, 0.1) is 0 Å². The third kappa shape index (κ3) is 1.18. The monoisotopic (exact) mass is 174 g/mol. The third-order valence-corrected chi connectivity index (χ3v) is 2.38. The van der Waals surface area contributed by atoms with Crippen LogP contribution in [0.25, 0.3) is 11.8 Å². The third-order valence-electron chi connectivity index (χ3n) is 2.38. The molecule has 1 aromatic heterocycles. The molecular formula is C11H14N2. The summed E-state index contributed by atoms with van der Waals surface area (Å²) in [4.78, 5) is 3.24. The summed E-state index contributed by atoms with van der Waals surface area (Å²) >= 11 is 0. The van der Waals surface area contributed by atoms with E-state index >= 15 is 0 Å². The molecule has 2 N–H and O–H groups in total. The molecule has 0 radical (unpaired) electrons. The van der Waals surface area contributed by atoms with Crippen LogP contribution in [0.2, 0.25) is 0 Å². The molecule has 2 heterocycles. The van der Waals surface area contributed by atoms with Crippen LogP contribution in [0.3, 0.4) is 0 Å². The summed E-state index contributed by atoms with van der Waals surface area (Å²) < 4.78 is 0. The van der Waals surface area contributed by atoms with Gasteiger partial charge >= 0.3 is 0 Å². The second-order valence-corrected chi connectivity index (χ2v) is 3.64. The van der Waals surface area contributed by atoms with Crippen LogP contribution < -0.4 is 5.32 Å². The fourth-order valence-corrected chi connectivity index (χ4v) is 1.65. The summed E-state index contributed by atoms with van der Waals surface area (Å²) in [6.07, 6.45) is 6.10. The number of hydrogen-bond donors (Lipinski definition) is 2. The van der Waals surface area contributed by atoms with Gasteiger partial charge in [-0.2, -0.15) is 0 Å². The van der Waals surface area contributed by atoms with E-state index in [0.29, 0.717) is 5.92 Å². The number of aromatic amines is 1. The Morgan fingerprint density at radius 2 is 2.15 bits per heavy atom. The number of hydrogen-bond acceptors (Lipinski definition) is 1. The standard InChI is InChI=1S/C11H14N2/c1-7(2)10-6-13-11-8(3)12-5-4-9(10)11/h4-7,12-13H,3H2,1-2H3. The normalized spacial score (nSPS) is 14.5. The highest BCUT2D eigenvalue weighted by Crippen LogP contribution is 2.28. The van der Waals surface area contributed by atoms with Crippen molar-refractivity contribution in [2.75, 3.05) is 0 Å². The van der Waals surface area contributed by atoms with E-state index in [-0.39, 0.29) is 0 Å². The first-order valence-electron chi connectivity index (χ1n) is 4.53. The Morgan fingerprint density at radius 3 is 2.85 bits per heavy atom. The molecule has 0 saturated carbocycles. The molecule has 0 amide bonds. The van der Waals surface area contributed by atoms with E-state index in [1.807, 2.05) is 6.20 Å². The van der Waals surface area contributed by atoms with E-state index in [9.17, 15) is 0 Å². The lowest BCUT2D eigenvalue weighted by Gasteiger charge is -2.12. The Labute approximate surface area is 78.4 Å². The zero-order valence-electron chi connectivity index (χ0n) is 8.02. The summed E-state index contributed by atoms with van der Waals surface area (Å²) in [5, 5.41) is 3.08. The molecule has 0 saturated heterocycles. The largest absolute Gasteiger partial charge is 0.360 e. The van der Waals surface area contributed by atoms with Gasteiger partial charge in [-0.3, -0.25) is 0 Å². The fraction of sp³-hybridized carbons (Fsp3) is 0.273. The summed E-state index contributed by atoms with van der Waals surface area (Å²) in [6.45, 7) is 8.33. The first kappa shape index (κ1) is 8.17. The Morgan fingerprint density at radius 1 is 1.38 bits per heavy atom. The van der Waals surface area contributed by atoms with E-state index in [1.54, 1.807) is 0 Å². The van der Waals surface area contributed by atoms with E-state index in [2.05, 4.69) is 43.0 Å². The van der Waals surface area contributed by atoms with Crippen LogP contribution >= 0.6 is 0 Å². The number of nitrogens with one attached hydrogen (secondary N) is 2. The summed E-state index contributed by atoms with van der Waals surface area (Å²) in [7, 11) is 0. The molecule has 1 aliphatic rings. The fourth-order valence-electron chi connectivity index (χ4n) is 1.65. The van der Waals surface area contributed by atoms with Gasteiger partial charge < -0.3 is 10.3 Å². The molecule has 0 aromatic carbocycles. The molecule has 0 unspecified atom stereocenters. The number of aromatic nitrogens is 1. The molecule has 0 atom stereocenters. The topological polar surface area (TPSA) is 27.8 Å². The van der Waals surface area contributed by atoms with E-state index in [1.165, 1.54) is 11.1 Å². The maximum Gasteiger partial charge on any atom is 0.0690 e. The van der Waals surface area contributed by atoms with Gasteiger partial charge in [0.1, 0.15) is 0 Å². The van der Waals surface area contributed by atoms with Gasteiger partial charge in [0.25, 0.3) is 0 Å². The van der Waals surface area contributed by atoms with Crippen molar-refractivity contribution in [3.05, 3.63) is 35.8 Å². The van der Waals surface area contributed by atoms with Crippen LogP contribution in [-0.2, 0) is 0 Å².